The molecule has 0 aliphatic heterocycles. The molecule has 0 N–H and O–H groups in total. The van der Waals surface area contributed by atoms with Gasteiger partial charge in [0.2, 0.25) is 0 Å². The summed E-state index contributed by atoms with van der Waals surface area (Å²) in [5, 5.41) is 0. The monoisotopic (exact) mass is 414 g/mol. The predicted octanol–water partition coefficient (Wildman–Crippen LogP) is 6.55. The van der Waals surface area contributed by atoms with Gasteiger partial charge >= 0.3 is 0 Å². The van der Waals surface area contributed by atoms with E-state index in [0.29, 0.717) is 0 Å². The van der Waals surface area contributed by atoms with Gasteiger partial charge in [0.05, 0.1) is 0 Å². The van der Waals surface area contributed by atoms with Crippen molar-refractivity contribution in [3.8, 4) is 12.3 Å². The molecule has 0 aliphatic rings. The van der Waals surface area contributed by atoms with Crippen LogP contribution in [-0.2, 0) is 6.42 Å². The molecule has 164 valence electrons. The van der Waals surface area contributed by atoms with Crippen LogP contribution in [0.1, 0.15) is 30.0 Å². The average Bonchev–Trinajstić information content (AvgIpc) is 2.72. The lowest BCUT2D eigenvalue weighted by molar-refractivity contribution is 0.435. The van der Waals surface area contributed by atoms with E-state index >= 15 is 0 Å². The van der Waals surface area contributed by atoms with Gasteiger partial charge < -0.3 is 9.80 Å². The van der Waals surface area contributed by atoms with Crippen LogP contribution in [0.3, 0.4) is 0 Å². The van der Waals surface area contributed by atoms with E-state index in [4.69, 9.17) is 6.42 Å². The lowest BCUT2D eigenvalue weighted by Crippen LogP contribution is -2.23. The number of hydrogen-bond acceptors (Lipinski definition) is 2. The van der Waals surface area contributed by atoms with Crippen molar-refractivity contribution in [3.63, 3.8) is 0 Å². The molecule has 0 aromatic heterocycles. The van der Waals surface area contributed by atoms with Gasteiger partial charge in [-0.3, -0.25) is 0 Å². The second-order valence-electron chi connectivity index (χ2n) is 7.75. The van der Waals surface area contributed by atoms with E-state index in [1.165, 1.54) is 28.0 Å². The van der Waals surface area contributed by atoms with Crippen molar-refractivity contribution in [2.75, 3.05) is 31.1 Å². The number of nitrogens with zero attached hydrogens (tertiary/aromatic N) is 2. The number of rotatable bonds is 14. The number of allylic oxidation sites excluding steroid dienone is 3. The van der Waals surface area contributed by atoms with E-state index in [9.17, 15) is 0 Å². The fourth-order valence-electron chi connectivity index (χ4n) is 3.70. The standard InChI is InChI=1S/C29H38N2/c1-9-14-27(30(17-10-2)18-11-3)21-24(6)15-16-29-25(7)22-28(23-26(29)8)31(19-12-4)20-13-5/h1,10-14,21-23H,2-5,15-20H2,6-8H3/b24-21-,27-14+. The van der Waals surface area contributed by atoms with Crippen LogP contribution >= 0.6 is 0 Å². The normalized spacial score (nSPS) is 11.4. The Hall–Kier alpha value is -3.18. The summed E-state index contributed by atoms with van der Waals surface area (Å²) in [6, 6.07) is 4.54. The second kappa shape index (κ2) is 13.9. The number of terminal acetylenes is 1. The zero-order valence-corrected chi connectivity index (χ0v) is 19.7. The first kappa shape index (κ1) is 25.9. The van der Waals surface area contributed by atoms with Crippen molar-refractivity contribution in [1.29, 1.82) is 0 Å². The van der Waals surface area contributed by atoms with Crippen LogP contribution in [0.2, 0.25) is 0 Å². The minimum Gasteiger partial charge on any atom is -0.364 e. The SMILES string of the molecule is C#C/C=C(\C=C(\C)CCc1c(C)cc(N(CC=C)CC=C)cc1C)N(CC=C)CC=C. The summed E-state index contributed by atoms with van der Waals surface area (Å²) < 4.78 is 0. The highest BCUT2D eigenvalue weighted by molar-refractivity contribution is 5.55. The number of anilines is 1. The minimum atomic E-state index is 0.731. The molecule has 2 nitrogen and oxygen atoms in total. The number of benzene rings is 1. The third kappa shape index (κ3) is 8.22. The molecule has 0 atom stereocenters. The van der Waals surface area contributed by atoms with Crippen LogP contribution in [0.25, 0.3) is 0 Å². The summed E-state index contributed by atoms with van der Waals surface area (Å²) in [5.41, 5.74) is 7.58. The molecule has 0 bridgehead atoms. The Morgan fingerprint density at radius 1 is 0.935 bits per heavy atom. The van der Waals surface area contributed by atoms with E-state index in [-0.39, 0.29) is 0 Å². The summed E-state index contributed by atoms with van der Waals surface area (Å²) in [5.74, 6) is 2.66. The van der Waals surface area contributed by atoms with Crippen molar-refractivity contribution in [1.82, 2.24) is 4.90 Å². The largest absolute Gasteiger partial charge is 0.364 e. The summed E-state index contributed by atoms with van der Waals surface area (Å²) in [6.45, 7) is 25.1. The van der Waals surface area contributed by atoms with Crippen LogP contribution in [0.5, 0.6) is 0 Å². The zero-order chi connectivity index (χ0) is 23.2. The van der Waals surface area contributed by atoms with Crippen molar-refractivity contribution in [2.45, 2.75) is 33.6 Å². The van der Waals surface area contributed by atoms with Gasteiger partial charge in [-0.25, -0.2) is 0 Å². The van der Waals surface area contributed by atoms with Crippen LogP contribution in [-0.4, -0.2) is 31.1 Å². The van der Waals surface area contributed by atoms with E-state index < -0.39 is 0 Å². The molecule has 1 aromatic rings. The maximum atomic E-state index is 5.57. The van der Waals surface area contributed by atoms with Gasteiger partial charge in [-0.05, 0) is 68.5 Å². The quantitative estimate of drug-likeness (QED) is 0.193. The van der Waals surface area contributed by atoms with E-state index in [1.54, 1.807) is 0 Å². The van der Waals surface area contributed by atoms with Gasteiger partial charge in [0, 0.05) is 43.6 Å². The third-order valence-electron chi connectivity index (χ3n) is 5.20. The smallest absolute Gasteiger partial charge is 0.0455 e. The molecule has 0 spiro atoms. The zero-order valence-electron chi connectivity index (χ0n) is 19.7. The molecule has 0 fully saturated rings. The minimum absolute atomic E-state index is 0.731. The Bertz CT molecular complexity index is 833. The van der Waals surface area contributed by atoms with Crippen LogP contribution in [0.15, 0.2) is 86.2 Å². The van der Waals surface area contributed by atoms with Crippen LogP contribution in [0.4, 0.5) is 5.69 Å². The molecule has 1 aromatic carbocycles. The first-order chi connectivity index (χ1) is 14.9. The molecule has 0 heterocycles. The van der Waals surface area contributed by atoms with Crippen LogP contribution < -0.4 is 4.90 Å². The number of aryl methyl sites for hydroxylation is 2. The highest BCUT2D eigenvalue weighted by atomic mass is 15.1. The molecular formula is C29H38N2. The summed E-state index contributed by atoms with van der Waals surface area (Å²) in [4.78, 5) is 4.45. The maximum Gasteiger partial charge on any atom is 0.0455 e. The molecule has 0 amide bonds. The molecule has 0 aliphatic carbocycles. The van der Waals surface area contributed by atoms with Crippen molar-refractivity contribution >= 4 is 5.69 Å². The van der Waals surface area contributed by atoms with Gasteiger partial charge in [-0.2, -0.15) is 0 Å². The molecule has 0 unspecified atom stereocenters. The van der Waals surface area contributed by atoms with E-state index in [0.717, 1.165) is 44.7 Å². The summed E-state index contributed by atoms with van der Waals surface area (Å²) in [7, 11) is 0. The molecule has 31 heavy (non-hydrogen) atoms. The first-order valence-corrected chi connectivity index (χ1v) is 10.8. The van der Waals surface area contributed by atoms with Gasteiger partial charge in [-0.1, -0.05) is 35.8 Å². The highest BCUT2D eigenvalue weighted by Gasteiger charge is 2.10. The first-order valence-electron chi connectivity index (χ1n) is 10.8. The molecule has 1 rings (SSSR count). The number of hydrogen-bond donors (Lipinski definition) is 0. The lowest BCUT2D eigenvalue weighted by atomic mass is 9.95. The third-order valence-corrected chi connectivity index (χ3v) is 5.20. The fourth-order valence-corrected chi connectivity index (χ4v) is 3.70. The maximum absolute atomic E-state index is 5.57. The van der Waals surface area contributed by atoms with Crippen molar-refractivity contribution < 1.29 is 0 Å². The van der Waals surface area contributed by atoms with Gasteiger partial charge in [0.15, 0.2) is 0 Å². The van der Waals surface area contributed by atoms with Crippen molar-refractivity contribution in [2.24, 2.45) is 0 Å². The fraction of sp³-hybridized carbons (Fsp3) is 0.310. The van der Waals surface area contributed by atoms with Crippen molar-refractivity contribution in [3.05, 3.63) is 103 Å². The molecular weight excluding hydrogens is 376 g/mol. The van der Waals surface area contributed by atoms with Gasteiger partial charge in [0.1, 0.15) is 0 Å². The Balaban J connectivity index is 3.05. The summed E-state index contributed by atoms with van der Waals surface area (Å²) >= 11 is 0. The second-order valence-corrected chi connectivity index (χ2v) is 7.75. The molecule has 0 saturated carbocycles. The molecule has 0 saturated heterocycles. The van der Waals surface area contributed by atoms with Gasteiger partial charge in [0.25, 0.3) is 0 Å². The van der Waals surface area contributed by atoms with E-state index in [2.05, 4.69) is 81.0 Å². The molecule has 2 heteroatoms. The lowest BCUT2D eigenvalue weighted by Gasteiger charge is -2.24. The summed E-state index contributed by atoms with van der Waals surface area (Å²) in [6.07, 6.45) is 19.2. The van der Waals surface area contributed by atoms with Crippen LogP contribution in [0, 0.1) is 26.2 Å². The highest BCUT2D eigenvalue weighted by Crippen LogP contribution is 2.25. The Morgan fingerprint density at radius 3 is 1.90 bits per heavy atom. The Kier molecular flexibility index (Phi) is 11.6. The van der Waals surface area contributed by atoms with Gasteiger partial charge in [-0.15, -0.1) is 32.7 Å². The van der Waals surface area contributed by atoms with E-state index in [1.807, 2.05) is 30.4 Å². The Morgan fingerprint density at radius 2 is 1.45 bits per heavy atom. The molecule has 0 radical (unpaired) electrons. The topological polar surface area (TPSA) is 6.48 Å². The Labute approximate surface area is 190 Å². The predicted molar refractivity (Wildman–Crippen MR) is 139 cm³/mol. The average molecular weight is 415 g/mol.